The Bertz CT molecular complexity index is 1040. The van der Waals surface area contributed by atoms with Crippen LogP contribution in [0.25, 0.3) is 11.5 Å². The van der Waals surface area contributed by atoms with E-state index in [0.717, 1.165) is 29.9 Å². The van der Waals surface area contributed by atoms with Crippen molar-refractivity contribution in [3.8, 4) is 11.5 Å². The van der Waals surface area contributed by atoms with Crippen molar-refractivity contribution in [2.24, 2.45) is 0 Å². The van der Waals surface area contributed by atoms with Gasteiger partial charge in [-0.1, -0.05) is 47.6 Å². The lowest BCUT2D eigenvalue weighted by molar-refractivity contribution is -0.113. The number of carbonyl (C=O) groups is 1. The number of rotatable bonds is 6. The second kappa shape index (κ2) is 9.51. The second-order valence-corrected chi connectivity index (χ2v) is 8.09. The van der Waals surface area contributed by atoms with Crippen LogP contribution in [0.2, 0.25) is 5.02 Å². The van der Waals surface area contributed by atoms with Gasteiger partial charge in [0.1, 0.15) is 0 Å². The van der Waals surface area contributed by atoms with Crippen LogP contribution in [-0.4, -0.2) is 48.2 Å². The molecular formula is C21H21ClN4O3S. The van der Waals surface area contributed by atoms with Crippen molar-refractivity contribution in [1.82, 2.24) is 10.2 Å². The van der Waals surface area contributed by atoms with Gasteiger partial charge in [0.15, 0.2) is 0 Å². The molecule has 2 heterocycles. The van der Waals surface area contributed by atoms with E-state index in [1.54, 1.807) is 0 Å². The van der Waals surface area contributed by atoms with Crippen molar-refractivity contribution < 1.29 is 13.9 Å². The molecule has 0 aliphatic carbocycles. The molecule has 7 nitrogen and oxygen atoms in total. The lowest BCUT2D eigenvalue weighted by Crippen LogP contribution is -2.37. The van der Waals surface area contributed by atoms with E-state index in [1.807, 2.05) is 49.4 Å². The van der Waals surface area contributed by atoms with Gasteiger partial charge in [-0.2, -0.15) is 0 Å². The summed E-state index contributed by atoms with van der Waals surface area (Å²) in [5.74, 6) is 0.414. The number of amides is 1. The molecule has 1 fully saturated rings. The first-order valence-electron chi connectivity index (χ1n) is 9.55. The molecule has 1 N–H and O–H groups in total. The molecule has 0 unspecified atom stereocenters. The van der Waals surface area contributed by atoms with Crippen molar-refractivity contribution >= 4 is 40.6 Å². The second-order valence-electron chi connectivity index (χ2n) is 6.76. The summed E-state index contributed by atoms with van der Waals surface area (Å²) in [7, 11) is 0. The smallest absolute Gasteiger partial charge is 0.277 e. The number of nitrogens with one attached hydrogen (secondary N) is 1. The van der Waals surface area contributed by atoms with Crippen LogP contribution in [-0.2, 0) is 9.53 Å². The summed E-state index contributed by atoms with van der Waals surface area (Å²) in [4.78, 5) is 14.7. The molecule has 30 heavy (non-hydrogen) atoms. The number of hydrogen-bond donors (Lipinski definition) is 1. The molecule has 1 aliphatic rings. The number of aromatic nitrogens is 2. The van der Waals surface area contributed by atoms with E-state index in [1.165, 1.54) is 11.8 Å². The third-order valence-electron chi connectivity index (χ3n) is 4.70. The fourth-order valence-corrected chi connectivity index (χ4v) is 4.09. The van der Waals surface area contributed by atoms with Gasteiger partial charge in [-0.05, 0) is 30.7 Å². The molecule has 1 aliphatic heterocycles. The molecule has 0 saturated carbocycles. The largest absolute Gasteiger partial charge is 0.411 e. The molecule has 9 heteroatoms. The number of morpholine rings is 1. The standard InChI is InChI=1S/C21H21ClN4O3S/c1-14-5-2-3-6-15(14)20-24-25-21(29-20)30-13-18(27)23-17-8-4-7-16(22)19(17)26-9-11-28-12-10-26/h2-8H,9-13H2,1H3,(H,23,27). The molecule has 0 atom stereocenters. The Hall–Kier alpha value is -2.55. The Morgan fingerprint density at radius 3 is 2.77 bits per heavy atom. The summed E-state index contributed by atoms with van der Waals surface area (Å²) in [6, 6.07) is 13.3. The van der Waals surface area contributed by atoms with Crippen LogP contribution in [0.4, 0.5) is 11.4 Å². The normalized spacial score (nSPS) is 14.0. The summed E-state index contributed by atoms with van der Waals surface area (Å²) in [5, 5.41) is 12.0. The Balaban J connectivity index is 1.40. The van der Waals surface area contributed by atoms with Gasteiger partial charge in [0.05, 0.1) is 35.4 Å². The third-order valence-corrected chi connectivity index (χ3v) is 5.82. The maximum absolute atomic E-state index is 12.6. The van der Waals surface area contributed by atoms with Gasteiger partial charge in [0, 0.05) is 18.7 Å². The molecule has 0 radical (unpaired) electrons. The van der Waals surface area contributed by atoms with E-state index in [4.69, 9.17) is 20.8 Å². The van der Waals surface area contributed by atoms with E-state index >= 15 is 0 Å². The van der Waals surface area contributed by atoms with Crippen molar-refractivity contribution in [1.29, 1.82) is 0 Å². The highest BCUT2D eigenvalue weighted by molar-refractivity contribution is 7.99. The topological polar surface area (TPSA) is 80.5 Å². The summed E-state index contributed by atoms with van der Waals surface area (Å²) in [5.41, 5.74) is 3.43. The van der Waals surface area contributed by atoms with Crippen molar-refractivity contribution in [2.75, 3.05) is 42.3 Å². The Labute approximate surface area is 183 Å². The fraction of sp³-hybridized carbons (Fsp3) is 0.286. The van der Waals surface area contributed by atoms with E-state index in [0.29, 0.717) is 35.0 Å². The number of carbonyl (C=O) groups excluding carboxylic acids is 1. The van der Waals surface area contributed by atoms with Crippen molar-refractivity contribution in [2.45, 2.75) is 12.1 Å². The number of para-hydroxylation sites is 1. The number of ether oxygens (including phenoxy) is 1. The van der Waals surface area contributed by atoms with Crippen LogP contribution < -0.4 is 10.2 Å². The summed E-state index contributed by atoms with van der Waals surface area (Å²) in [6.45, 7) is 4.70. The van der Waals surface area contributed by atoms with Gasteiger partial charge < -0.3 is 19.4 Å². The zero-order valence-electron chi connectivity index (χ0n) is 16.4. The van der Waals surface area contributed by atoms with Crippen LogP contribution >= 0.6 is 23.4 Å². The minimum Gasteiger partial charge on any atom is -0.411 e. The quantitative estimate of drug-likeness (QED) is 0.568. The predicted octanol–water partition coefficient (Wildman–Crippen LogP) is 4.27. The first kappa shape index (κ1) is 20.7. The number of benzene rings is 2. The highest BCUT2D eigenvalue weighted by Gasteiger charge is 2.19. The fourth-order valence-electron chi connectivity index (χ4n) is 3.23. The van der Waals surface area contributed by atoms with Gasteiger partial charge in [-0.3, -0.25) is 4.79 Å². The molecular weight excluding hydrogens is 424 g/mol. The Kier molecular flexibility index (Phi) is 6.56. The molecule has 4 rings (SSSR count). The molecule has 2 aromatic carbocycles. The number of thioether (sulfide) groups is 1. The zero-order valence-corrected chi connectivity index (χ0v) is 18.0. The molecule has 1 amide bonds. The minimum atomic E-state index is -0.174. The first-order valence-corrected chi connectivity index (χ1v) is 10.9. The molecule has 1 saturated heterocycles. The molecule has 3 aromatic rings. The number of nitrogens with zero attached hydrogens (tertiary/aromatic N) is 3. The van der Waals surface area contributed by atoms with E-state index in [-0.39, 0.29) is 11.7 Å². The van der Waals surface area contributed by atoms with E-state index in [2.05, 4.69) is 20.4 Å². The van der Waals surface area contributed by atoms with Gasteiger partial charge in [0.25, 0.3) is 5.22 Å². The molecule has 0 spiro atoms. The zero-order chi connectivity index (χ0) is 20.9. The summed E-state index contributed by atoms with van der Waals surface area (Å²) in [6.07, 6.45) is 0. The lowest BCUT2D eigenvalue weighted by atomic mass is 10.1. The van der Waals surface area contributed by atoms with Gasteiger partial charge >= 0.3 is 0 Å². The predicted molar refractivity (Wildman–Crippen MR) is 118 cm³/mol. The van der Waals surface area contributed by atoms with Crippen molar-refractivity contribution in [3.05, 3.63) is 53.1 Å². The molecule has 0 bridgehead atoms. The number of aryl methyl sites for hydroxylation is 1. The lowest BCUT2D eigenvalue weighted by Gasteiger charge is -2.31. The van der Waals surface area contributed by atoms with Crippen molar-refractivity contribution in [3.63, 3.8) is 0 Å². The average Bonchev–Trinajstić information content (AvgIpc) is 3.22. The van der Waals surface area contributed by atoms with Gasteiger partial charge in [0.2, 0.25) is 11.8 Å². The number of hydrogen-bond acceptors (Lipinski definition) is 7. The van der Waals surface area contributed by atoms with E-state index < -0.39 is 0 Å². The highest BCUT2D eigenvalue weighted by atomic mass is 35.5. The number of anilines is 2. The summed E-state index contributed by atoms with van der Waals surface area (Å²) >= 11 is 7.62. The van der Waals surface area contributed by atoms with Gasteiger partial charge in [-0.25, -0.2) is 0 Å². The maximum atomic E-state index is 12.6. The van der Waals surface area contributed by atoms with Gasteiger partial charge in [-0.15, -0.1) is 10.2 Å². The SMILES string of the molecule is Cc1ccccc1-c1nnc(SCC(=O)Nc2cccc(Cl)c2N2CCOCC2)o1. The van der Waals surface area contributed by atoms with Crippen LogP contribution in [0, 0.1) is 6.92 Å². The minimum absolute atomic E-state index is 0.143. The van der Waals surface area contributed by atoms with Crippen LogP contribution in [0.5, 0.6) is 0 Å². The monoisotopic (exact) mass is 444 g/mol. The Morgan fingerprint density at radius 2 is 1.97 bits per heavy atom. The average molecular weight is 445 g/mol. The molecule has 156 valence electrons. The Morgan fingerprint density at radius 1 is 1.17 bits per heavy atom. The third kappa shape index (κ3) is 4.77. The maximum Gasteiger partial charge on any atom is 0.277 e. The first-order chi connectivity index (χ1) is 14.6. The van der Waals surface area contributed by atoms with E-state index in [9.17, 15) is 4.79 Å². The van der Waals surface area contributed by atoms with Crippen LogP contribution in [0.15, 0.2) is 52.1 Å². The summed E-state index contributed by atoms with van der Waals surface area (Å²) < 4.78 is 11.1. The van der Waals surface area contributed by atoms with Crippen LogP contribution in [0.3, 0.4) is 0 Å². The number of halogens is 1. The molecule has 1 aromatic heterocycles. The highest BCUT2D eigenvalue weighted by Crippen LogP contribution is 2.34. The van der Waals surface area contributed by atoms with Crippen LogP contribution in [0.1, 0.15) is 5.56 Å².